The maximum atomic E-state index is 11.6. The summed E-state index contributed by atoms with van der Waals surface area (Å²) in [6.45, 7) is 0. The van der Waals surface area contributed by atoms with E-state index in [-0.39, 0.29) is 5.24 Å². The van der Waals surface area contributed by atoms with Crippen molar-refractivity contribution in [1.82, 2.24) is 4.31 Å². The zero-order valence-corrected chi connectivity index (χ0v) is 9.41. The number of carbonyl (C=O) groups is 1. The zero-order chi connectivity index (χ0) is 10.6. The van der Waals surface area contributed by atoms with Crippen molar-refractivity contribution in [2.24, 2.45) is 0 Å². The average Bonchev–Trinajstić information content (AvgIpc) is 2.17. The average molecular weight is 210 g/mol. The molecule has 0 bridgehead atoms. The van der Waals surface area contributed by atoms with Crippen LogP contribution in [-0.2, 0) is 0 Å². The van der Waals surface area contributed by atoms with E-state index in [0.717, 1.165) is 5.69 Å². The molecule has 14 heavy (non-hydrogen) atoms. The van der Waals surface area contributed by atoms with Crippen molar-refractivity contribution in [1.29, 1.82) is 0 Å². The van der Waals surface area contributed by atoms with Crippen molar-refractivity contribution in [3.63, 3.8) is 0 Å². The number of rotatable bonds is 2. The molecule has 0 heterocycles. The van der Waals surface area contributed by atoms with Gasteiger partial charge in [0.05, 0.1) is 0 Å². The lowest BCUT2D eigenvalue weighted by Gasteiger charge is -2.18. The van der Waals surface area contributed by atoms with E-state index in [4.69, 9.17) is 0 Å². The van der Waals surface area contributed by atoms with E-state index in [2.05, 4.69) is 0 Å². The number of para-hydroxylation sites is 1. The molecule has 1 rings (SSSR count). The third kappa shape index (κ3) is 3.05. The van der Waals surface area contributed by atoms with Crippen molar-refractivity contribution >= 4 is 22.9 Å². The highest BCUT2D eigenvalue weighted by atomic mass is 32.2. The third-order valence-electron chi connectivity index (χ3n) is 1.68. The van der Waals surface area contributed by atoms with Crippen molar-refractivity contribution in [2.45, 2.75) is 0 Å². The van der Waals surface area contributed by atoms with Gasteiger partial charge in [0.25, 0.3) is 0 Å². The second kappa shape index (κ2) is 5.02. The second-order valence-corrected chi connectivity index (χ2v) is 4.33. The first-order chi connectivity index (χ1) is 6.61. The molecule has 76 valence electrons. The van der Waals surface area contributed by atoms with Crippen LogP contribution in [0.15, 0.2) is 30.3 Å². The Kier molecular flexibility index (Phi) is 3.98. The fourth-order valence-corrected chi connectivity index (χ4v) is 1.51. The molecular weight excluding hydrogens is 196 g/mol. The maximum absolute atomic E-state index is 11.6. The van der Waals surface area contributed by atoms with E-state index in [1.165, 1.54) is 11.9 Å². The highest BCUT2D eigenvalue weighted by molar-refractivity contribution is 8.11. The highest BCUT2D eigenvalue weighted by Gasteiger charge is 2.11. The summed E-state index contributed by atoms with van der Waals surface area (Å²) in [5.41, 5.74) is 0.909. The molecule has 0 aromatic heterocycles. The number of benzene rings is 1. The van der Waals surface area contributed by atoms with Crippen molar-refractivity contribution < 1.29 is 4.79 Å². The summed E-state index contributed by atoms with van der Waals surface area (Å²) in [6.07, 6.45) is 0. The predicted octanol–water partition coefficient (Wildman–Crippen LogP) is 2.45. The molecule has 4 heteroatoms. The van der Waals surface area contributed by atoms with Gasteiger partial charge in [0.15, 0.2) is 0 Å². The Morgan fingerprint density at radius 3 is 2.21 bits per heavy atom. The molecule has 0 atom stereocenters. The maximum Gasteiger partial charge on any atom is 0.301 e. The molecule has 0 N–H and O–H groups in total. The molecule has 0 unspecified atom stereocenters. The third-order valence-corrected chi connectivity index (χ3v) is 2.47. The number of anilines is 1. The molecule has 0 aliphatic carbocycles. The van der Waals surface area contributed by atoms with E-state index in [0.29, 0.717) is 0 Å². The molecular formula is C10H14N2OS. The van der Waals surface area contributed by atoms with Gasteiger partial charge in [0.1, 0.15) is 0 Å². The quantitative estimate of drug-likeness (QED) is 0.700. The molecule has 0 radical (unpaired) electrons. The summed E-state index contributed by atoms with van der Waals surface area (Å²) in [7, 11) is 5.47. The second-order valence-electron chi connectivity index (χ2n) is 3.06. The minimum absolute atomic E-state index is 0.0150. The largest absolute Gasteiger partial charge is 0.305 e. The normalized spacial score (nSPS) is 10.3. The lowest BCUT2D eigenvalue weighted by Crippen LogP contribution is -2.24. The Labute approximate surface area is 88.8 Å². The van der Waals surface area contributed by atoms with Crippen molar-refractivity contribution in [3.8, 4) is 0 Å². The van der Waals surface area contributed by atoms with Gasteiger partial charge in [-0.2, -0.15) is 0 Å². The molecule has 0 aliphatic rings. The van der Waals surface area contributed by atoms with E-state index in [1.807, 2.05) is 44.4 Å². The monoisotopic (exact) mass is 210 g/mol. The predicted molar refractivity (Wildman–Crippen MR) is 61.5 cm³/mol. The van der Waals surface area contributed by atoms with Gasteiger partial charge in [0, 0.05) is 24.7 Å². The summed E-state index contributed by atoms with van der Waals surface area (Å²) in [5.74, 6) is 0. The first kappa shape index (κ1) is 11.1. The Morgan fingerprint density at radius 2 is 1.71 bits per heavy atom. The number of amides is 1. The summed E-state index contributed by atoms with van der Waals surface area (Å²) >= 11 is 1.18. The number of nitrogens with zero attached hydrogens (tertiary/aromatic N) is 2. The van der Waals surface area contributed by atoms with Gasteiger partial charge in [-0.15, -0.1) is 0 Å². The Hall–Kier alpha value is -1.00. The zero-order valence-electron chi connectivity index (χ0n) is 8.60. The van der Waals surface area contributed by atoms with Gasteiger partial charge in [-0.05, 0) is 26.2 Å². The van der Waals surface area contributed by atoms with E-state index >= 15 is 0 Å². The molecule has 1 aromatic carbocycles. The first-order valence-corrected chi connectivity index (χ1v) is 5.06. The summed E-state index contributed by atoms with van der Waals surface area (Å²) < 4.78 is 1.78. The Balaban J connectivity index is 2.66. The van der Waals surface area contributed by atoms with Crippen molar-refractivity contribution in [2.75, 3.05) is 26.0 Å². The minimum atomic E-state index is 0.0150. The standard InChI is InChI=1S/C10H14N2OS/c1-11(2)14-10(13)12(3)9-7-5-4-6-8-9/h4-8H,1-3H3. The van der Waals surface area contributed by atoms with Gasteiger partial charge in [0.2, 0.25) is 0 Å². The van der Waals surface area contributed by atoms with E-state index in [9.17, 15) is 4.79 Å². The summed E-state index contributed by atoms with van der Waals surface area (Å²) in [5, 5.41) is 0.0150. The lowest BCUT2D eigenvalue weighted by molar-refractivity contribution is 0.265. The van der Waals surface area contributed by atoms with Gasteiger partial charge in [-0.3, -0.25) is 4.79 Å². The van der Waals surface area contributed by atoms with Crippen LogP contribution in [0.5, 0.6) is 0 Å². The number of carbonyl (C=O) groups excluding carboxylic acids is 1. The van der Waals surface area contributed by atoms with Crippen LogP contribution in [0.2, 0.25) is 0 Å². The van der Waals surface area contributed by atoms with Gasteiger partial charge >= 0.3 is 5.24 Å². The lowest BCUT2D eigenvalue weighted by atomic mass is 10.3. The highest BCUT2D eigenvalue weighted by Crippen LogP contribution is 2.17. The van der Waals surface area contributed by atoms with Gasteiger partial charge in [-0.25, -0.2) is 4.31 Å². The molecule has 0 aliphatic heterocycles. The van der Waals surface area contributed by atoms with Crippen LogP contribution in [0.3, 0.4) is 0 Å². The molecule has 0 saturated heterocycles. The van der Waals surface area contributed by atoms with E-state index in [1.54, 1.807) is 16.3 Å². The topological polar surface area (TPSA) is 23.6 Å². The first-order valence-electron chi connectivity index (χ1n) is 4.29. The number of hydrogen-bond acceptors (Lipinski definition) is 3. The van der Waals surface area contributed by atoms with E-state index < -0.39 is 0 Å². The van der Waals surface area contributed by atoms with Crippen LogP contribution in [0.25, 0.3) is 0 Å². The Bertz CT molecular complexity index is 300. The molecule has 0 spiro atoms. The minimum Gasteiger partial charge on any atom is -0.305 e. The fraction of sp³-hybridized carbons (Fsp3) is 0.300. The van der Waals surface area contributed by atoms with Gasteiger partial charge < -0.3 is 4.90 Å². The molecule has 1 aromatic rings. The van der Waals surface area contributed by atoms with Crippen LogP contribution in [0, 0.1) is 0 Å². The van der Waals surface area contributed by atoms with Crippen LogP contribution < -0.4 is 4.90 Å². The van der Waals surface area contributed by atoms with Crippen LogP contribution in [0.4, 0.5) is 10.5 Å². The molecule has 0 saturated carbocycles. The fourth-order valence-electron chi connectivity index (χ4n) is 0.974. The van der Waals surface area contributed by atoms with Gasteiger partial charge in [-0.1, -0.05) is 18.2 Å². The summed E-state index contributed by atoms with van der Waals surface area (Å²) in [4.78, 5) is 13.2. The molecule has 3 nitrogen and oxygen atoms in total. The van der Waals surface area contributed by atoms with Crippen LogP contribution in [-0.4, -0.2) is 30.7 Å². The molecule has 0 fully saturated rings. The SMILES string of the molecule is CN(C)SC(=O)N(C)c1ccccc1. The Morgan fingerprint density at radius 1 is 1.14 bits per heavy atom. The van der Waals surface area contributed by atoms with Crippen LogP contribution in [0.1, 0.15) is 0 Å². The van der Waals surface area contributed by atoms with Crippen molar-refractivity contribution in [3.05, 3.63) is 30.3 Å². The van der Waals surface area contributed by atoms with Crippen LogP contribution >= 0.6 is 11.9 Å². The number of hydrogen-bond donors (Lipinski definition) is 0. The smallest absolute Gasteiger partial charge is 0.301 e. The summed E-state index contributed by atoms with van der Waals surface area (Å²) in [6, 6.07) is 9.59. The molecule has 1 amide bonds.